The van der Waals surface area contributed by atoms with Gasteiger partial charge in [-0.25, -0.2) is 0 Å². The maximum Gasteiger partial charge on any atom is 0.120 e. The van der Waals surface area contributed by atoms with Crippen LogP contribution in [0.15, 0.2) is 36.4 Å². The van der Waals surface area contributed by atoms with E-state index >= 15 is 0 Å². The van der Waals surface area contributed by atoms with E-state index < -0.39 is 0 Å². The Kier molecular flexibility index (Phi) is 3.28. The molecule has 0 saturated heterocycles. The van der Waals surface area contributed by atoms with E-state index in [9.17, 15) is 5.11 Å². The van der Waals surface area contributed by atoms with Crippen LogP contribution in [0, 0.1) is 6.92 Å². The van der Waals surface area contributed by atoms with Gasteiger partial charge in [-0.2, -0.15) is 0 Å². The minimum atomic E-state index is 0.278. The fourth-order valence-corrected chi connectivity index (χ4v) is 1.70. The van der Waals surface area contributed by atoms with Crippen molar-refractivity contribution in [1.82, 2.24) is 0 Å². The summed E-state index contributed by atoms with van der Waals surface area (Å²) in [5.41, 5.74) is 15.6. The van der Waals surface area contributed by atoms with Crippen molar-refractivity contribution in [2.45, 2.75) is 13.5 Å². The van der Waals surface area contributed by atoms with Gasteiger partial charge in [0.15, 0.2) is 0 Å². The highest BCUT2D eigenvalue weighted by Crippen LogP contribution is 2.22. The molecule has 4 heteroatoms. The predicted molar refractivity (Wildman–Crippen MR) is 75.4 cm³/mol. The van der Waals surface area contributed by atoms with Gasteiger partial charge in [-0.3, -0.25) is 0 Å². The van der Waals surface area contributed by atoms with Gasteiger partial charge in [-0.05, 0) is 42.3 Å². The predicted octanol–water partition coefficient (Wildman–Crippen LogP) is 2.48. The summed E-state index contributed by atoms with van der Waals surface area (Å²) >= 11 is 0. The lowest BCUT2D eigenvalue weighted by molar-refractivity contribution is 0.471. The molecule has 94 valence electrons. The first-order chi connectivity index (χ1) is 8.56. The van der Waals surface area contributed by atoms with E-state index in [-0.39, 0.29) is 5.75 Å². The van der Waals surface area contributed by atoms with Crippen LogP contribution in [0.1, 0.15) is 11.1 Å². The number of nitrogens with two attached hydrogens (primary N) is 2. The molecule has 0 atom stereocenters. The second kappa shape index (κ2) is 4.87. The average Bonchev–Trinajstić information content (AvgIpc) is 2.34. The molecule has 2 aromatic carbocycles. The van der Waals surface area contributed by atoms with Crippen molar-refractivity contribution in [3.8, 4) is 5.75 Å². The van der Waals surface area contributed by atoms with Crippen LogP contribution in [-0.4, -0.2) is 5.11 Å². The highest BCUT2D eigenvalue weighted by molar-refractivity contribution is 5.57. The molecule has 0 fully saturated rings. The number of anilines is 3. The first-order valence-electron chi connectivity index (χ1n) is 5.73. The van der Waals surface area contributed by atoms with Gasteiger partial charge < -0.3 is 21.9 Å². The molecule has 0 aliphatic heterocycles. The van der Waals surface area contributed by atoms with Gasteiger partial charge in [0.05, 0.1) is 0 Å². The number of phenols is 1. The van der Waals surface area contributed by atoms with Crippen molar-refractivity contribution in [1.29, 1.82) is 0 Å². The van der Waals surface area contributed by atoms with E-state index in [1.807, 2.05) is 25.1 Å². The summed E-state index contributed by atoms with van der Waals surface area (Å²) in [6.07, 6.45) is 0. The maximum absolute atomic E-state index is 9.61. The summed E-state index contributed by atoms with van der Waals surface area (Å²) in [6, 6.07) is 10.9. The molecule has 0 aliphatic carbocycles. The Balaban J connectivity index is 2.11. The number of aryl methyl sites for hydroxylation is 1. The zero-order chi connectivity index (χ0) is 13.1. The lowest BCUT2D eigenvalue weighted by atomic mass is 10.1. The molecule has 0 radical (unpaired) electrons. The molecule has 0 saturated carbocycles. The van der Waals surface area contributed by atoms with E-state index in [1.54, 1.807) is 18.2 Å². The topological polar surface area (TPSA) is 84.3 Å². The minimum Gasteiger partial charge on any atom is -0.508 e. The minimum absolute atomic E-state index is 0.278. The molecule has 2 aromatic rings. The third-order valence-corrected chi connectivity index (χ3v) is 2.86. The van der Waals surface area contributed by atoms with Gasteiger partial charge >= 0.3 is 0 Å². The van der Waals surface area contributed by atoms with Crippen LogP contribution in [0.3, 0.4) is 0 Å². The van der Waals surface area contributed by atoms with Crippen molar-refractivity contribution in [2.75, 3.05) is 16.8 Å². The number of nitrogens with one attached hydrogen (secondary N) is 1. The number of aromatic hydroxyl groups is 1. The zero-order valence-corrected chi connectivity index (χ0v) is 10.3. The molecule has 0 amide bonds. The maximum atomic E-state index is 9.61. The summed E-state index contributed by atoms with van der Waals surface area (Å²) in [5, 5.41) is 12.8. The lowest BCUT2D eigenvalue weighted by Crippen LogP contribution is -2.03. The Morgan fingerprint density at radius 3 is 2.61 bits per heavy atom. The van der Waals surface area contributed by atoms with Gasteiger partial charge in [0.1, 0.15) is 5.75 Å². The summed E-state index contributed by atoms with van der Waals surface area (Å²) in [7, 11) is 0. The monoisotopic (exact) mass is 243 g/mol. The Labute approximate surface area is 106 Å². The van der Waals surface area contributed by atoms with E-state index in [1.165, 1.54) is 0 Å². The fourth-order valence-electron chi connectivity index (χ4n) is 1.70. The van der Waals surface area contributed by atoms with Crippen LogP contribution in [-0.2, 0) is 6.54 Å². The van der Waals surface area contributed by atoms with Crippen molar-refractivity contribution < 1.29 is 5.11 Å². The van der Waals surface area contributed by atoms with Crippen LogP contribution in [0.4, 0.5) is 17.1 Å². The average molecular weight is 243 g/mol. The van der Waals surface area contributed by atoms with Crippen LogP contribution in [0.25, 0.3) is 0 Å². The van der Waals surface area contributed by atoms with Crippen LogP contribution in [0.2, 0.25) is 0 Å². The molecule has 2 rings (SSSR count). The molecule has 6 N–H and O–H groups in total. The largest absolute Gasteiger partial charge is 0.508 e. The molecular weight excluding hydrogens is 226 g/mol. The zero-order valence-electron chi connectivity index (χ0n) is 10.3. The molecule has 0 bridgehead atoms. The quantitative estimate of drug-likeness (QED) is 0.624. The Bertz CT molecular complexity index is 567. The van der Waals surface area contributed by atoms with Crippen molar-refractivity contribution >= 4 is 17.1 Å². The molecule has 0 aromatic heterocycles. The second-order valence-electron chi connectivity index (χ2n) is 4.31. The van der Waals surface area contributed by atoms with Crippen molar-refractivity contribution in [2.24, 2.45) is 0 Å². The molecule has 0 unspecified atom stereocenters. The number of hydrogen-bond acceptors (Lipinski definition) is 4. The fraction of sp³-hybridized carbons (Fsp3) is 0.143. The van der Waals surface area contributed by atoms with Crippen LogP contribution < -0.4 is 16.8 Å². The molecule has 4 nitrogen and oxygen atoms in total. The Morgan fingerprint density at radius 1 is 1.11 bits per heavy atom. The van der Waals surface area contributed by atoms with Crippen LogP contribution >= 0.6 is 0 Å². The van der Waals surface area contributed by atoms with Gasteiger partial charge in [0, 0.05) is 29.7 Å². The molecule has 0 spiro atoms. The summed E-state index contributed by atoms with van der Waals surface area (Å²) < 4.78 is 0. The molecular formula is C14H17N3O. The van der Waals surface area contributed by atoms with Crippen molar-refractivity contribution in [3.05, 3.63) is 47.5 Å². The Morgan fingerprint density at radius 2 is 1.89 bits per heavy atom. The first-order valence-corrected chi connectivity index (χ1v) is 5.73. The summed E-state index contributed by atoms with van der Waals surface area (Å²) in [4.78, 5) is 0. The number of rotatable bonds is 3. The summed E-state index contributed by atoms with van der Waals surface area (Å²) in [6.45, 7) is 2.42. The Hall–Kier alpha value is -2.36. The highest BCUT2D eigenvalue weighted by Gasteiger charge is 2.01. The normalized spacial score (nSPS) is 10.3. The van der Waals surface area contributed by atoms with Crippen molar-refractivity contribution in [3.63, 3.8) is 0 Å². The van der Waals surface area contributed by atoms with Gasteiger partial charge in [0.25, 0.3) is 0 Å². The van der Waals surface area contributed by atoms with E-state index in [0.29, 0.717) is 17.9 Å². The number of benzene rings is 2. The van der Waals surface area contributed by atoms with E-state index in [4.69, 9.17) is 11.5 Å². The number of nitrogen functional groups attached to an aromatic ring is 2. The third-order valence-electron chi connectivity index (χ3n) is 2.86. The van der Waals surface area contributed by atoms with Crippen LogP contribution in [0.5, 0.6) is 5.75 Å². The van der Waals surface area contributed by atoms with E-state index in [0.717, 1.165) is 16.8 Å². The summed E-state index contributed by atoms with van der Waals surface area (Å²) in [5.74, 6) is 0.278. The first kappa shape index (κ1) is 12.1. The molecule has 18 heavy (non-hydrogen) atoms. The molecule has 0 aliphatic rings. The molecule has 0 heterocycles. The highest BCUT2D eigenvalue weighted by atomic mass is 16.3. The smallest absolute Gasteiger partial charge is 0.120 e. The van der Waals surface area contributed by atoms with Gasteiger partial charge in [-0.1, -0.05) is 6.07 Å². The number of phenolic OH excluding ortho intramolecular Hbond substituents is 1. The second-order valence-corrected chi connectivity index (χ2v) is 4.31. The number of hydrogen-bond donors (Lipinski definition) is 4. The third kappa shape index (κ3) is 2.66. The SMILES string of the molecule is Cc1ccc(NCc2cc(N)ccc2N)cc1O. The van der Waals surface area contributed by atoms with E-state index in [2.05, 4.69) is 5.32 Å². The van der Waals surface area contributed by atoms with Gasteiger partial charge in [0.2, 0.25) is 0 Å². The lowest BCUT2D eigenvalue weighted by Gasteiger charge is -2.10. The standard InChI is InChI=1S/C14H17N3O/c1-9-2-4-12(7-14(9)18)17-8-10-6-11(15)3-5-13(10)16/h2-7,17-18H,8,15-16H2,1H3. The van der Waals surface area contributed by atoms with Gasteiger partial charge in [-0.15, -0.1) is 0 Å².